The standard InChI is InChI=1S/C29H26ClF2N5O/c1-17-9-24-26(10-18(17)2)37(16-35-24)15-27(38)36-25(13-19-11-22(31)14-23(32)12-19)29-28(33-7-8-34-29)20-3-5-21(30)6-4-20/h3,5-12,14,16,20,25H,4,13,15H2,1-2H3,(H,36,38). The van der Waals surface area contributed by atoms with Crippen LogP contribution in [0.25, 0.3) is 11.0 Å². The van der Waals surface area contributed by atoms with Crippen LogP contribution in [-0.2, 0) is 17.8 Å². The fourth-order valence-corrected chi connectivity index (χ4v) is 4.89. The number of benzene rings is 2. The normalized spacial score (nSPS) is 15.9. The number of aromatic nitrogens is 4. The summed E-state index contributed by atoms with van der Waals surface area (Å²) >= 11 is 6.11. The van der Waals surface area contributed by atoms with Crippen molar-refractivity contribution in [3.63, 3.8) is 0 Å². The minimum atomic E-state index is -0.685. The lowest BCUT2D eigenvalue weighted by Gasteiger charge is -2.24. The fraction of sp³-hybridized carbons (Fsp3) is 0.241. The van der Waals surface area contributed by atoms with Gasteiger partial charge in [-0.2, -0.15) is 0 Å². The van der Waals surface area contributed by atoms with Crippen LogP contribution in [-0.4, -0.2) is 25.4 Å². The van der Waals surface area contributed by atoms with Crippen LogP contribution in [0.3, 0.4) is 0 Å². The zero-order valence-corrected chi connectivity index (χ0v) is 21.7. The molecule has 1 N–H and O–H groups in total. The maximum Gasteiger partial charge on any atom is 0.240 e. The first-order chi connectivity index (χ1) is 18.3. The summed E-state index contributed by atoms with van der Waals surface area (Å²) in [6, 6.07) is 6.66. The first-order valence-corrected chi connectivity index (χ1v) is 12.7. The SMILES string of the molecule is Cc1cc2ncn(CC(=O)NC(Cc3cc(F)cc(F)c3)c3nccnc3C3C=CC(Cl)=CC3)c2cc1C. The van der Waals surface area contributed by atoms with Crippen molar-refractivity contribution in [3.05, 3.63) is 112 Å². The van der Waals surface area contributed by atoms with E-state index in [1.165, 1.54) is 12.1 Å². The second-order valence-electron chi connectivity index (χ2n) is 9.52. The Morgan fingerprint density at radius 3 is 2.55 bits per heavy atom. The van der Waals surface area contributed by atoms with E-state index in [4.69, 9.17) is 11.6 Å². The van der Waals surface area contributed by atoms with E-state index in [1.54, 1.807) is 29.4 Å². The summed E-state index contributed by atoms with van der Waals surface area (Å²) in [5, 5.41) is 3.68. The summed E-state index contributed by atoms with van der Waals surface area (Å²) in [4.78, 5) is 26.9. The van der Waals surface area contributed by atoms with Crippen molar-refractivity contribution < 1.29 is 13.6 Å². The highest BCUT2D eigenvalue weighted by Gasteiger charge is 2.25. The van der Waals surface area contributed by atoms with Crippen LogP contribution >= 0.6 is 11.6 Å². The predicted molar refractivity (Wildman–Crippen MR) is 143 cm³/mol. The van der Waals surface area contributed by atoms with E-state index in [0.717, 1.165) is 28.2 Å². The van der Waals surface area contributed by atoms with E-state index < -0.39 is 17.7 Å². The molecule has 2 aromatic heterocycles. The number of rotatable bonds is 7. The van der Waals surface area contributed by atoms with Gasteiger partial charge in [-0.1, -0.05) is 23.8 Å². The van der Waals surface area contributed by atoms with Gasteiger partial charge >= 0.3 is 0 Å². The number of carbonyl (C=O) groups excluding carboxylic acids is 1. The number of halogens is 3. The molecule has 0 radical (unpaired) electrons. The number of allylic oxidation sites excluding steroid dienone is 4. The average Bonchev–Trinajstić information content (AvgIpc) is 3.24. The molecule has 1 aliphatic rings. The number of imidazole rings is 1. The first kappa shape index (κ1) is 25.7. The van der Waals surface area contributed by atoms with Crippen LogP contribution in [0.15, 0.2) is 72.3 Å². The Labute approximate surface area is 224 Å². The van der Waals surface area contributed by atoms with Crippen LogP contribution < -0.4 is 5.32 Å². The third-order valence-electron chi connectivity index (χ3n) is 6.74. The maximum absolute atomic E-state index is 14.0. The van der Waals surface area contributed by atoms with Crippen molar-refractivity contribution in [1.82, 2.24) is 24.8 Å². The molecule has 0 fully saturated rings. The lowest BCUT2D eigenvalue weighted by molar-refractivity contribution is -0.122. The van der Waals surface area contributed by atoms with Gasteiger partial charge in [-0.3, -0.25) is 14.8 Å². The molecule has 1 aliphatic carbocycles. The van der Waals surface area contributed by atoms with Gasteiger partial charge < -0.3 is 9.88 Å². The zero-order chi connectivity index (χ0) is 26.8. The molecule has 0 aliphatic heterocycles. The molecular formula is C29H26ClF2N5O. The van der Waals surface area contributed by atoms with E-state index in [1.807, 2.05) is 38.1 Å². The van der Waals surface area contributed by atoms with Gasteiger partial charge in [-0.15, -0.1) is 0 Å². The van der Waals surface area contributed by atoms with Crippen molar-refractivity contribution in [1.29, 1.82) is 0 Å². The molecule has 194 valence electrons. The quantitative estimate of drug-likeness (QED) is 0.317. The minimum absolute atomic E-state index is 0.0181. The molecule has 2 unspecified atom stereocenters. The van der Waals surface area contributed by atoms with Crippen molar-refractivity contribution in [2.75, 3.05) is 0 Å². The first-order valence-electron chi connectivity index (χ1n) is 12.3. The molecule has 0 saturated carbocycles. The molecule has 5 rings (SSSR count). The summed E-state index contributed by atoms with van der Waals surface area (Å²) in [5.41, 5.74) is 5.48. The van der Waals surface area contributed by atoms with Gasteiger partial charge in [0.05, 0.1) is 34.8 Å². The Morgan fingerprint density at radius 1 is 1.08 bits per heavy atom. The molecule has 0 saturated heterocycles. The Balaban J connectivity index is 1.46. The van der Waals surface area contributed by atoms with Crippen molar-refractivity contribution in [3.8, 4) is 0 Å². The van der Waals surface area contributed by atoms with E-state index >= 15 is 0 Å². The van der Waals surface area contributed by atoms with Crippen LogP contribution in [0.5, 0.6) is 0 Å². The van der Waals surface area contributed by atoms with Crippen molar-refractivity contribution in [2.45, 2.75) is 45.2 Å². The van der Waals surface area contributed by atoms with Crippen LogP contribution in [0, 0.1) is 25.5 Å². The summed E-state index contributed by atoms with van der Waals surface area (Å²) in [7, 11) is 0. The number of carbonyl (C=O) groups is 1. The third kappa shape index (κ3) is 5.65. The van der Waals surface area contributed by atoms with E-state index in [-0.39, 0.29) is 24.8 Å². The lowest BCUT2D eigenvalue weighted by atomic mass is 9.91. The molecule has 0 bridgehead atoms. The Morgan fingerprint density at radius 2 is 1.82 bits per heavy atom. The summed E-state index contributed by atoms with van der Waals surface area (Å²) in [6.45, 7) is 4.05. The highest BCUT2D eigenvalue weighted by molar-refractivity contribution is 6.31. The number of fused-ring (bicyclic) bond motifs is 1. The number of nitrogens with zero attached hydrogens (tertiary/aromatic N) is 4. The van der Waals surface area contributed by atoms with Crippen LogP contribution in [0.4, 0.5) is 8.78 Å². The highest BCUT2D eigenvalue weighted by Crippen LogP contribution is 2.31. The number of hydrogen-bond acceptors (Lipinski definition) is 4. The van der Waals surface area contributed by atoms with Gasteiger partial charge in [0.1, 0.15) is 18.2 Å². The number of nitrogens with one attached hydrogen (secondary N) is 1. The molecule has 0 spiro atoms. The lowest BCUT2D eigenvalue weighted by Crippen LogP contribution is -2.34. The molecule has 1 amide bonds. The second-order valence-corrected chi connectivity index (χ2v) is 9.95. The minimum Gasteiger partial charge on any atom is -0.346 e. The fourth-order valence-electron chi connectivity index (χ4n) is 4.73. The summed E-state index contributed by atoms with van der Waals surface area (Å²) < 4.78 is 29.8. The zero-order valence-electron chi connectivity index (χ0n) is 21.0. The van der Waals surface area contributed by atoms with Crippen LogP contribution in [0.1, 0.15) is 46.5 Å². The smallest absolute Gasteiger partial charge is 0.240 e. The molecule has 38 heavy (non-hydrogen) atoms. The molecule has 6 nitrogen and oxygen atoms in total. The van der Waals surface area contributed by atoms with Gasteiger partial charge in [-0.05, 0) is 73.7 Å². The summed E-state index contributed by atoms with van der Waals surface area (Å²) in [6.07, 6.45) is 11.2. The van der Waals surface area contributed by atoms with Gasteiger partial charge in [0.2, 0.25) is 5.91 Å². The highest BCUT2D eigenvalue weighted by atomic mass is 35.5. The van der Waals surface area contributed by atoms with Gasteiger partial charge in [0.15, 0.2) is 0 Å². The van der Waals surface area contributed by atoms with Gasteiger partial charge in [0, 0.05) is 29.4 Å². The molecule has 4 aromatic rings. The Bertz CT molecular complexity index is 1560. The Kier molecular flexibility index (Phi) is 7.33. The molecule has 9 heteroatoms. The Hall–Kier alpha value is -3.91. The largest absolute Gasteiger partial charge is 0.346 e. The average molecular weight is 534 g/mol. The molecule has 2 heterocycles. The number of hydrogen-bond donors (Lipinski definition) is 1. The van der Waals surface area contributed by atoms with Crippen LogP contribution in [0.2, 0.25) is 0 Å². The second kappa shape index (κ2) is 10.8. The van der Waals surface area contributed by atoms with Crippen molar-refractivity contribution >= 4 is 28.5 Å². The van der Waals surface area contributed by atoms with E-state index in [2.05, 4.69) is 20.3 Å². The third-order valence-corrected chi connectivity index (χ3v) is 7.02. The molecule has 2 atom stereocenters. The number of amides is 1. The molecule has 2 aromatic carbocycles. The molecular weight excluding hydrogens is 508 g/mol. The van der Waals surface area contributed by atoms with Gasteiger partial charge in [0.25, 0.3) is 0 Å². The van der Waals surface area contributed by atoms with Gasteiger partial charge in [-0.25, -0.2) is 13.8 Å². The van der Waals surface area contributed by atoms with Crippen molar-refractivity contribution in [2.24, 2.45) is 0 Å². The van der Waals surface area contributed by atoms with E-state index in [9.17, 15) is 13.6 Å². The summed E-state index contributed by atoms with van der Waals surface area (Å²) in [5.74, 6) is -1.76. The topological polar surface area (TPSA) is 72.7 Å². The van der Waals surface area contributed by atoms with E-state index in [0.29, 0.717) is 28.4 Å². The predicted octanol–water partition coefficient (Wildman–Crippen LogP) is 5.99. The number of aryl methyl sites for hydroxylation is 2. The maximum atomic E-state index is 14.0. The monoisotopic (exact) mass is 533 g/mol.